The second kappa shape index (κ2) is 3.84. The number of carbonyl (C=O) groups is 1. The van der Waals surface area contributed by atoms with Crippen LogP contribution in [0.4, 0.5) is 5.82 Å². The van der Waals surface area contributed by atoms with Gasteiger partial charge in [-0.15, -0.1) is 0 Å². The second-order valence-electron chi connectivity index (χ2n) is 4.08. The van der Waals surface area contributed by atoms with Gasteiger partial charge in [0.25, 0.3) is 0 Å². The molecule has 0 aromatic carbocycles. The summed E-state index contributed by atoms with van der Waals surface area (Å²) in [4.78, 5) is 16.0. The number of carbonyl (C=O) groups excluding carboxylic acids is 1. The number of hydrazine groups is 1. The molecule has 3 heterocycles. The molecular formula is C11H13N3O2. The zero-order chi connectivity index (χ0) is 11.0. The van der Waals surface area contributed by atoms with E-state index in [1.54, 1.807) is 11.2 Å². The van der Waals surface area contributed by atoms with Gasteiger partial charge < -0.3 is 4.74 Å². The highest BCUT2D eigenvalue weighted by atomic mass is 16.5. The van der Waals surface area contributed by atoms with Crippen LogP contribution in [-0.4, -0.2) is 30.1 Å². The quantitative estimate of drug-likeness (QED) is 0.775. The first-order chi connectivity index (χ1) is 7.84. The molecule has 0 aliphatic carbocycles. The molecule has 5 heteroatoms. The predicted octanol–water partition coefficient (Wildman–Crippen LogP) is 0.264. The molecule has 1 aromatic rings. The number of hydrogen-bond donors (Lipinski definition) is 1. The number of aromatic nitrogens is 1. The molecule has 0 saturated carbocycles. The van der Waals surface area contributed by atoms with Crippen LogP contribution in [0.2, 0.25) is 0 Å². The normalized spacial score (nSPS) is 23.9. The topological polar surface area (TPSA) is 54.5 Å². The fourth-order valence-electron chi connectivity index (χ4n) is 2.08. The molecule has 1 atom stereocenters. The Kier molecular flexibility index (Phi) is 2.34. The Morgan fingerprint density at radius 3 is 3.31 bits per heavy atom. The molecule has 1 saturated heterocycles. The van der Waals surface area contributed by atoms with Gasteiger partial charge in [-0.3, -0.25) is 4.79 Å². The van der Waals surface area contributed by atoms with E-state index >= 15 is 0 Å². The van der Waals surface area contributed by atoms with Gasteiger partial charge in [0.05, 0.1) is 19.1 Å². The molecule has 84 valence electrons. The van der Waals surface area contributed by atoms with Crippen molar-refractivity contribution in [2.24, 2.45) is 0 Å². The largest absolute Gasteiger partial charge is 0.380 e. The molecule has 0 unspecified atom stereocenters. The second-order valence-corrected chi connectivity index (χ2v) is 4.08. The highest BCUT2D eigenvalue weighted by molar-refractivity contribution is 5.99. The lowest BCUT2D eigenvalue weighted by molar-refractivity contribution is -0.118. The standard InChI is InChI=1S/C11H13N3O2/c15-10-6-8-2-1-4-12-11(8)14(10)13-9-3-5-16-7-9/h1-2,4,9,13H,3,5-7H2/t9-/m0/s1. The van der Waals surface area contributed by atoms with E-state index in [1.807, 2.05) is 12.1 Å². The van der Waals surface area contributed by atoms with Crippen molar-refractivity contribution in [1.82, 2.24) is 10.4 Å². The molecule has 2 aliphatic heterocycles. The third-order valence-electron chi connectivity index (χ3n) is 2.91. The van der Waals surface area contributed by atoms with Gasteiger partial charge in [-0.05, 0) is 12.5 Å². The average molecular weight is 219 g/mol. The van der Waals surface area contributed by atoms with Crippen LogP contribution in [0, 0.1) is 0 Å². The summed E-state index contributed by atoms with van der Waals surface area (Å²) in [5.74, 6) is 0.792. The van der Waals surface area contributed by atoms with Crippen LogP contribution in [-0.2, 0) is 16.0 Å². The molecule has 1 amide bonds. The zero-order valence-corrected chi connectivity index (χ0v) is 8.85. The Hall–Kier alpha value is -1.46. The molecule has 1 aromatic heterocycles. The van der Waals surface area contributed by atoms with Crippen LogP contribution >= 0.6 is 0 Å². The predicted molar refractivity (Wildman–Crippen MR) is 57.8 cm³/mol. The maximum Gasteiger partial charge on any atom is 0.247 e. The molecule has 0 bridgehead atoms. The van der Waals surface area contributed by atoms with Gasteiger partial charge >= 0.3 is 0 Å². The number of rotatable bonds is 2. The monoisotopic (exact) mass is 219 g/mol. The zero-order valence-electron chi connectivity index (χ0n) is 8.85. The first kappa shape index (κ1) is 9.74. The summed E-state index contributed by atoms with van der Waals surface area (Å²) in [5, 5.41) is 1.56. The van der Waals surface area contributed by atoms with Crippen LogP contribution in [0.5, 0.6) is 0 Å². The van der Waals surface area contributed by atoms with E-state index in [0.29, 0.717) is 13.0 Å². The minimum Gasteiger partial charge on any atom is -0.380 e. The van der Waals surface area contributed by atoms with Crippen LogP contribution in [0.25, 0.3) is 0 Å². The van der Waals surface area contributed by atoms with Gasteiger partial charge in [0.2, 0.25) is 5.91 Å². The maximum atomic E-state index is 11.8. The number of nitrogens with one attached hydrogen (secondary N) is 1. The maximum absolute atomic E-state index is 11.8. The Bertz CT molecular complexity index is 415. The summed E-state index contributed by atoms with van der Waals surface area (Å²) in [6, 6.07) is 4.01. The smallest absolute Gasteiger partial charge is 0.247 e. The number of pyridine rings is 1. The number of amides is 1. The van der Waals surface area contributed by atoms with E-state index in [-0.39, 0.29) is 11.9 Å². The molecule has 0 radical (unpaired) electrons. The highest BCUT2D eigenvalue weighted by Crippen LogP contribution is 2.24. The van der Waals surface area contributed by atoms with Gasteiger partial charge in [0, 0.05) is 18.4 Å². The fourth-order valence-corrected chi connectivity index (χ4v) is 2.08. The van der Waals surface area contributed by atoms with E-state index in [2.05, 4.69) is 10.4 Å². The number of ether oxygens (including phenoxy) is 1. The summed E-state index contributed by atoms with van der Waals surface area (Å²) in [6.07, 6.45) is 3.08. The van der Waals surface area contributed by atoms with Crippen molar-refractivity contribution in [3.05, 3.63) is 23.9 Å². The van der Waals surface area contributed by atoms with E-state index in [0.717, 1.165) is 24.4 Å². The molecule has 3 rings (SSSR count). The first-order valence-electron chi connectivity index (χ1n) is 5.45. The van der Waals surface area contributed by atoms with E-state index in [9.17, 15) is 4.79 Å². The Labute approximate surface area is 93.4 Å². The summed E-state index contributed by atoms with van der Waals surface area (Å²) in [7, 11) is 0. The molecular weight excluding hydrogens is 206 g/mol. The average Bonchev–Trinajstić information content (AvgIpc) is 2.89. The summed E-state index contributed by atoms with van der Waals surface area (Å²) >= 11 is 0. The number of hydrogen-bond acceptors (Lipinski definition) is 4. The van der Waals surface area contributed by atoms with Crippen LogP contribution in [0.3, 0.4) is 0 Å². The third kappa shape index (κ3) is 1.58. The van der Waals surface area contributed by atoms with Crippen LogP contribution in [0.15, 0.2) is 18.3 Å². The minimum absolute atomic E-state index is 0.0561. The Morgan fingerprint density at radius 1 is 1.56 bits per heavy atom. The van der Waals surface area contributed by atoms with Crippen LogP contribution < -0.4 is 10.4 Å². The number of anilines is 1. The van der Waals surface area contributed by atoms with Crippen molar-refractivity contribution in [3.63, 3.8) is 0 Å². The molecule has 1 N–H and O–H groups in total. The molecule has 2 aliphatic rings. The van der Waals surface area contributed by atoms with Gasteiger partial charge in [-0.25, -0.2) is 15.4 Å². The SMILES string of the molecule is O=C1Cc2cccnc2N1N[C@H]1CCOC1. The van der Waals surface area contributed by atoms with Gasteiger partial charge in [0.15, 0.2) is 5.82 Å². The minimum atomic E-state index is 0.0561. The lowest BCUT2D eigenvalue weighted by atomic mass is 10.2. The van der Waals surface area contributed by atoms with E-state index < -0.39 is 0 Å². The van der Waals surface area contributed by atoms with E-state index in [4.69, 9.17) is 4.74 Å². The van der Waals surface area contributed by atoms with E-state index in [1.165, 1.54) is 0 Å². The highest BCUT2D eigenvalue weighted by Gasteiger charge is 2.31. The first-order valence-corrected chi connectivity index (χ1v) is 5.45. The Balaban J connectivity index is 1.81. The van der Waals surface area contributed by atoms with Crippen molar-refractivity contribution in [2.75, 3.05) is 18.2 Å². The number of fused-ring (bicyclic) bond motifs is 1. The van der Waals surface area contributed by atoms with Crippen LogP contribution in [0.1, 0.15) is 12.0 Å². The fraction of sp³-hybridized carbons (Fsp3) is 0.455. The molecule has 1 fully saturated rings. The lowest BCUT2D eigenvalue weighted by Crippen LogP contribution is -2.47. The van der Waals surface area contributed by atoms with Crippen molar-refractivity contribution >= 4 is 11.7 Å². The lowest BCUT2D eigenvalue weighted by Gasteiger charge is -2.21. The summed E-state index contributed by atoms with van der Waals surface area (Å²) in [6.45, 7) is 1.42. The summed E-state index contributed by atoms with van der Waals surface area (Å²) in [5.41, 5.74) is 4.17. The Morgan fingerprint density at radius 2 is 2.50 bits per heavy atom. The van der Waals surface area contributed by atoms with Crippen molar-refractivity contribution in [1.29, 1.82) is 0 Å². The van der Waals surface area contributed by atoms with Gasteiger partial charge in [0.1, 0.15) is 0 Å². The van der Waals surface area contributed by atoms with Crippen molar-refractivity contribution in [3.8, 4) is 0 Å². The van der Waals surface area contributed by atoms with Crippen molar-refractivity contribution in [2.45, 2.75) is 18.9 Å². The van der Waals surface area contributed by atoms with Gasteiger partial charge in [-0.1, -0.05) is 6.07 Å². The molecule has 16 heavy (non-hydrogen) atoms. The third-order valence-corrected chi connectivity index (χ3v) is 2.91. The summed E-state index contributed by atoms with van der Waals surface area (Å²) < 4.78 is 5.27. The molecule has 5 nitrogen and oxygen atoms in total. The number of nitrogens with zero attached hydrogens (tertiary/aromatic N) is 2. The molecule has 0 spiro atoms. The van der Waals surface area contributed by atoms with Gasteiger partial charge in [-0.2, -0.15) is 0 Å². The van der Waals surface area contributed by atoms with Crippen molar-refractivity contribution < 1.29 is 9.53 Å².